The van der Waals surface area contributed by atoms with Crippen LogP contribution in [0, 0.1) is 5.92 Å². The summed E-state index contributed by atoms with van der Waals surface area (Å²) in [5.74, 6) is 0.854. The fourth-order valence-electron chi connectivity index (χ4n) is 0. The average Bonchev–Trinajstić information content (AvgIpc) is 1.31. The summed E-state index contributed by atoms with van der Waals surface area (Å²) in [6, 6.07) is 0. The van der Waals surface area contributed by atoms with E-state index in [0.29, 0.717) is 4.25 Å². The monoisotopic (exact) mass is 161 g/mol. The molecule has 0 aromatic heterocycles. The van der Waals surface area contributed by atoms with Crippen molar-refractivity contribution in [2.75, 3.05) is 0 Å². The van der Waals surface area contributed by atoms with Gasteiger partial charge in [-0.2, -0.15) is 0 Å². The molecule has 0 aliphatic rings. The third kappa shape index (κ3) is 3.15. The summed E-state index contributed by atoms with van der Waals surface area (Å²) >= 11 is 1.41. The van der Waals surface area contributed by atoms with Crippen LogP contribution in [-0.4, -0.2) is 16.5 Å². The van der Waals surface area contributed by atoms with Crippen molar-refractivity contribution in [2.24, 2.45) is 5.92 Å². The van der Waals surface area contributed by atoms with Crippen LogP contribution >= 0.6 is 0 Å². The van der Waals surface area contributed by atoms with E-state index in [2.05, 4.69) is 27.7 Å². The predicted octanol–water partition coefficient (Wildman–Crippen LogP) is 1.47. The number of hydrogen-bond acceptors (Lipinski definition) is 0. The van der Waals surface area contributed by atoms with Crippen molar-refractivity contribution in [2.45, 2.75) is 31.9 Å². The molecule has 0 nitrogen and oxygen atoms in total. The van der Waals surface area contributed by atoms with Crippen molar-refractivity contribution < 1.29 is 0 Å². The van der Waals surface area contributed by atoms with Crippen molar-refractivity contribution in [3.8, 4) is 0 Å². The predicted molar refractivity (Wildman–Crippen MR) is 37.4 cm³/mol. The number of hydrogen-bond donors (Lipinski definition) is 0. The van der Waals surface area contributed by atoms with Gasteiger partial charge in [0.2, 0.25) is 0 Å². The fraction of sp³-hybridized carbons (Fsp3) is 1.00. The van der Waals surface area contributed by atoms with Crippen molar-refractivity contribution >= 4 is 16.5 Å². The summed E-state index contributed by atoms with van der Waals surface area (Å²) in [5.41, 5.74) is 0. The Hall–Kier alpha value is 0.543. The molecule has 0 aliphatic carbocycles. The molecule has 7 heavy (non-hydrogen) atoms. The first-order chi connectivity index (χ1) is 2.94. The van der Waals surface area contributed by atoms with Crippen LogP contribution in [0.25, 0.3) is 0 Å². The van der Waals surface area contributed by atoms with Crippen molar-refractivity contribution in [1.29, 1.82) is 0 Å². The Labute approximate surface area is 54.9 Å². The van der Waals surface area contributed by atoms with Gasteiger partial charge in [0.05, 0.1) is 0 Å². The standard InChI is InChI=1S/C6H15Ge/c1-5(2)6(3,4)7/h5H,7H2,1-4H3. The van der Waals surface area contributed by atoms with Crippen LogP contribution < -0.4 is 0 Å². The molecule has 1 heteroatoms. The molecule has 0 N–H and O–H groups in total. The van der Waals surface area contributed by atoms with Gasteiger partial charge in [-0.25, -0.2) is 0 Å². The van der Waals surface area contributed by atoms with Gasteiger partial charge in [-0.1, -0.05) is 0 Å². The SMILES string of the molecule is CC(C)[C](C)(C)[GeH2]. The molecule has 0 aromatic rings. The van der Waals surface area contributed by atoms with E-state index < -0.39 is 0 Å². The maximum absolute atomic E-state index is 2.32. The van der Waals surface area contributed by atoms with E-state index in [1.807, 2.05) is 0 Å². The van der Waals surface area contributed by atoms with Crippen LogP contribution in [-0.2, 0) is 0 Å². The third-order valence-electron chi connectivity index (χ3n) is 1.56. The third-order valence-corrected chi connectivity index (χ3v) is 3.28. The van der Waals surface area contributed by atoms with Crippen LogP contribution in [0.1, 0.15) is 27.7 Å². The Balaban J connectivity index is 3.54. The molecule has 0 aromatic carbocycles. The van der Waals surface area contributed by atoms with E-state index in [1.54, 1.807) is 0 Å². The summed E-state index contributed by atoms with van der Waals surface area (Å²) in [5, 5.41) is 0. The second-order valence-corrected chi connectivity index (χ2v) is 6.97. The molecule has 0 saturated heterocycles. The van der Waals surface area contributed by atoms with Crippen molar-refractivity contribution in [1.82, 2.24) is 0 Å². The van der Waals surface area contributed by atoms with Crippen LogP contribution in [0.3, 0.4) is 0 Å². The molecule has 0 spiro atoms. The minimum absolute atomic E-state index is 0.625. The molecular weight excluding hydrogens is 145 g/mol. The van der Waals surface area contributed by atoms with Gasteiger partial charge >= 0.3 is 54.4 Å². The molecule has 0 atom stereocenters. The maximum atomic E-state index is 2.32. The van der Waals surface area contributed by atoms with Gasteiger partial charge in [-0.05, 0) is 0 Å². The Morgan fingerprint density at radius 3 is 1.43 bits per heavy atom. The van der Waals surface area contributed by atoms with Gasteiger partial charge < -0.3 is 0 Å². The molecule has 0 heterocycles. The summed E-state index contributed by atoms with van der Waals surface area (Å²) < 4.78 is 0.625. The summed E-state index contributed by atoms with van der Waals surface area (Å²) in [4.78, 5) is 0. The second kappa shape index (κ2) is 2.21. The summed E-state index contributed by atoms with van der Waals surface area (Å²) in [6.07, 6.45) is 0. The van der Waals surface area contributed by atoms with E-state index in [4.69, 9.17) is 0 Å². The first-order valence-corrected chi connectivity index (χ1v) is 4.28. The van der Waals surface area contributed by atoms with Crippen molar-refractivity contribution in [3.63, 3.8) is 0 Å². The van der Waals surface area contributed by atoms with Gasteiger partial charge in [0.15, 0.2) is 0 Å². The molecule has 0 unspecified atom stereocenters. The molecule has 0 saturated carbocycles. The second-order valence-electron chi connectivity index (χ2n) is 3.14. The van der Waals surface area contributed by atoms with Crippen LogP contribution in [0.15, 0.2) is 0 Å². The molecule has 0 amide bonds. The Morgan fingerprint density at radius 1 is 1.29 bits per heavy atom. The van der Waals surface area contributed by atoms with E-state index in [-0.39, 0.29) is 0 Å². The Kier molecular flexibility index (Phi) is 2.38. The quantitative estimate of drug-likeness (QED) is 0.509. The Bertz CT molecular complexity index is 49.7. The van der Waals surface area contributed by atoms with Crippen LogP contribution in [0.4, 0.5) is 0 Å². The first-order valence-electron chi connectivity index (χ1n) is 2.80. The van der Waals surface area contributed by atoms with E-state index in [1.165, 1.54) is 16.5 Å². The summed E-state index contributed by atoms with van der Waals surface area (Å²) in [6.45, 7) is 9.20. The molecule has 0 aliphatic heterocycles. The molecule has 0 fully saturated rings. The van der Waals surface area contributed by atoms with Gasteiger partial charge in [-0.15, -0.1) is 0 Å². The minimum atomic E-state index is 0.625. The first kappa shape index (κ1) is 7.54. The molecular formula is C6H15Ge. The molecule has 1 radical (unpaired) electrons. The van der Waals surface area contributed by atoms with E-state index in [0.717, 1.165) is 5.92 Å². The normalized spacial score (nSPS) is 12.9. The van der Waals surface area contributed by atoms with Crippen molar-refractivity contribution in [3.05, 3.63) is 0 Å². The molecule has 43 valence electrons. The van der Waals surface area contributed by atoms with Gasteiger partial charge in [0.1, 0.15) is 0 Å². The van der Waals surface area contributed by atoms with Crippen LogP contribution in [0.5, 0.6) is 0 Å². The topological polar surface area (TPSA) is 0 Å². The fourth-order valence-corrected chi connectivity index (χ4v) is 0. The number of rotatable bonds is 1. The van der Waals surface area contributed by atoms with Crippen LogP contribution in [0.2, 0.25) is 4.25 Å². The van der Waals surface area contributed by atoms with E-state index >= 15 is 0 Å². The zero-order chi connectivity index (χ0) is 6.08. The van der Waals surface area contributed by atoms with E-state index in [9.17, 15) is 0 Å². The molecule has 0 rings (SSSR count). The van der Waals surface area contributed by atoms with Gasteiger partial charge in [-0.3, -0.25) is 0 Å². The van der Waals surface area contributed by atoms with Gasteiger partial charge in [0, 0.05) is 0 Å². The zero-order valence-corrected chi connectivity index (χ0v) is 8.75. The van der Waals surface area contributed by atoms with Gasteiger partial charge in [0.25, 0.3) is 0 Å². The molecule has 0 bridgehead atoms. The zero-order valence-electron chi connectivity index (χ0n) is 5.78. The average molecular weight is 160 g/mol. The summed E-state index contributed by atoms with van der Waals surface area (Å²) in [7, 11) is 0. The Morgan fingerprint density at radius 2 is 1.43 bits per heavy atom.